The lowest BCUT2D eigenvalue weighted by atomic mass is 9.89. The number of hydrogen-bond acceptors (Lipinski definition) is 4. The predicted molar refractivity (Wildman–Crippen MR) is 128 cm³/mol. The van der Waals surface area contributed by atoms with E-state index in [9.17, 15) is 9.90 Å². The number of rotatable bonds is 4. The minimum atomic E-state index is -1.39. The number of methoxy groups -OCH3 is 1. The maximum absolute atomic E-state index is 13.4. The molecular weight excluding hydrogens is 404 g/mol. The zero-order chi connectivity index (χ0) is 22.7. The normalized spacial score (nSPS) is 21.7. The molecule has 1 atom stereocenters. The zero-order valence-electron chi connectivity index (χ0n) is 19.0. The molecule has 6 nitrogen and oxygen atoms in total. The lowest BCUT2D eigenvalue weighted by Crippen LogP contribution is -2.35. The van der Waals surface area contributed by atoms with Crippen molar-refractivity contribution in [2.45, 2.75) is 56.7 Å². The van der Waals surface area contributed by atoms with Crippen molar-refractivity contribution < 1.29 is 22.2 Å². The van der Waals surface area contributed by atoms with Gasteiger partial charge in [-0.15, -0.1) is 0 Å². The Balaban J connectivity index is 0.00000162. The minimum Gasteiger partial charge on any atom is -0.493 e. The molecular formula is C26H34N2O4. The number of fused-ring (bicyclic) bond motifs is 2. The Bertz CT molecular complexity index is 1210. The number of aromatic nitrogens is 1. The lowest BCUT2D eigenvalue weighted by Gasteiger charge is -2.33. The highest BCUT2D eigenvalue weighted by atomic mass is 16.6. The first-order chi connectivity index (χ1) is 15.1. The van der Waals surface area contributed by atoms with Crippen molar-refractivity contribution in [3.63, 3.8) is 0 Å². The largest absolute Gasteiger partial charge is 0.493 e. The van der Waals surface area contributed by atoms with Gasteiger partial charge in [0.25, 0.3) is 0 Å². The number of H-pyrrole nitrogens is 1. The van der Waals surface area contributed by atoms with E-state index in [4.69, 9.17) is 9.47 Å². The van der Waals surface area contributed by atoms with Gasteiger partial charge >= 0.3 is 0 Å². The maximum atomic E-state index is 13.4. The van der Waals surface area contributed by atoms with Gasteiger partial charge in [-0.1, -0.05) is 26.8 Å². The standard InChI is InChI=1S/C26H30N2O4.2H2/c1-24(2,3)22-14-16-13-18(6-7-20(16)28-22)27-23(29)25(9-10-25)17-5-8-21-19(15-17)26(30,31-4)11-12-32-21;;/h5-8,13-15,28,30H,9-12H2,1-4H3,(H,27,29);2*1H. The molecule has 3 aromatic rings. The Morgan fingerprint density at radius 1 is 1.16 bits per heavy atom. The number of aliphatic hydroxyl groups is 1. The van der Waals surface area contributed by atoms with Crippen LogP contribution in [0.15, 0.2) is 42.5 Å². The van der Waals surface area contributed by atoms with E-state index in [2.05, 4.69) is 37.1 Å². The number of benzene rings is 2. The number of nitrogens with one attached hydrogen (secondary N) is 2. The number of carbonyl (C=O) groups is 1. The summed E-state index contributed by atoms with van der Waals surface area (Å²) in [6.07, 6.45) is 1.89. The van der Waals surface area contributed by atoms with Crippen molar-refractivity contribution in [3.8, 4) is 5.75 Å². The fourth-order valence-electron chi connectivity index (χ4n) is 4.54. The van der Waals surface area contributed by atoms with E-state index < -0.39 is 11.2 Å². The highest BCUT2D eigenvalue weighted by Crippen LogP contribution is 2.51. The van der Waals surface area contributed by atoms with Crippen LogP contribution in [0, 0.1) is 0 Å². The molecule has 5 rings (SSSR count). The molecule has 2 aromatic carbocycles. The van der Waals surface area contributed by atoms with E-state index in [0.717, 1.165) is 40.7 Å². The highest BCUT2D eigenvalue weighted by Gasteiger charge is 2.52. The molecule has 1 aromatic heterocycles. The molecule has 1 aliphatic carbocycles. The first-order valence-electron chi connectivity index (χ1n) is 11.1. The van der Waals surface area contributed by atoms with Gasteiger partial charge < -0.3 is 24.9 Å². The van der Waals surface area contributed by atoms with Crippen LogP contribution in [-0.4, -0.2) is 29.7 Å². The summed E-state index contributed by atoms with van der Waals surface area (Å²) < 4.78 is 11.1. The van der Waals surface area contributed by atoms with Crippen LogP contribution < -0.4 is 10.1 Å². The van der Waals surface area contributed by atoms with Crippen LogP contribution in [0.3, 0.4) is 0 Å². The van der Waals surface area contributed by atoms with Crippen molar-refractivity contribution in [3.05, 3.63) is 59.3 Å². The summed E-state index contributed by atoms with van der Waals surface area (Å²) in [4.78, 5) is 16.8. The Morgan fingerprint density at radius 2 is 1.94 bits per heavy atom. The number of hydrogen-bond donors (Lipinski definition) is 3. The van der Waals surface area contributed by atoms with Crippen molar-refractivity contribution >= 4 is 22.5 Å². The smallest absolute Gasteiger partial charge is 0.235 e. The average Bonchev–Trinajstić information content (AvgIpc) is 3.46. The molecule has 0 spiro atoms. The van der Waals surface area contributed by atoms with Crippen molar-refractivity contribution in [1.29, 1.82) is 0 Å². The van der Waals surface area contributed by atoms with E-state index in [0.29, 0.717) is 24.3 Å². The number of amides is 1. The lowest BCUT2D eigenvalue weighted by molar-refractivity contribution is -0.209. The van der Waals surface area contributed by atoms with Crippen molar-refractivity contribution in [2.75, 3.05) is 19.0 Å². The summed E-state index contributed by atoms with van der Waals surface area (Å²) in [6.45, 7) is 6.91. The number of aromatic amines is 1. The molecule has 2 aliphatic rings. The third kappa shape index (κ3) is 3.38. The summed E-state index contributed by atoms with van der Waals surface area (Å²) >= 11 is 0. The van der Waals surface area contributed by atoms with Crippen LogP contribution in [0.5, 0.6) is 5.75 Å². The van der Waals surface area contributed by atoms with Gasteiger partial charge in [-0.2, -0.15) is 0 Å². The summed E-state index contributed by atoms with van der Waals surface area (Å²) in [6, 6.07) is 13.7. The van der Waals surface area contributed by atoms with E-state index in [1.54, 1.807) is 0 Å². The third-order valence-electron chi connectivity index (χ3n) is 6.86. The maximum Gasteiger partial charge on any atom is 0.235 e. The first kappa shape index (κ1) is 21.0. The molecule has 2 heterocycles. The van der Waals surface area contributed by atoms with Crippen molar-refractivity contribution in [2.24, 2.45) is 0 Å². The summed E-state index contributed by atoms with van der Waals surface area (Å²) in [7, 11) is 1.49. The van der Waals surface area contributed by atoms with Gasteiger partial charge in [0.2, 0.25) is 5.91 Å². The Kier molecular flexibility index (Phi) is 4.66. The minimum absolute atomic E-state index is 0. The Hall–Kier alpha value is -2.83. The van der Waals surface area contributed by atoms with Gasteiger partial charge in [-0.25, -0.2) is 0 Å². The van der Waals surface area contributed by atoms with E-state index in [1.807, 2.05) is 36.4 Å². The predicted octanol–water partition coefficient (Wildman–Crippen LogP) is 5.20. The average molecular weight is 439 g/mol. The Morgan fingerprint density at radius 3 is 2.62 bits per heavy atom. The fraction of sp³-hybridized carbons (Fsp3) is 0.423. The second-order valence-electron chi connectivity index (χ2n) is 10.1. The van der Waals surface area contributed by atoms with Gasteiger partial charge in [0.05, 0.1) is 17.6 Å². The Labute approximate surface area is 190 Å². The van der Waals surface area contributed by atoms with Gasteiger partial charge in [0.15, 0.2) is 5.79 Å². The van der Waals surface area contributed by atoms with Gasteiger partial charge in [-0.05, 0) is 54.8 Å². The molecule has 1 amide bonds. The van der Waals surface area contributed by atoms with Gasteiger partial charge in [0, 0.05) is 44.1 Å². The molecule has 0 bridgehead atoms. The molecule has 32 heavy (non-hydrogen) atoms. The van der Waals surface area contributed by atoms with Crippen molar-refractivity contribution in [1.82, 2.24) is 4.98 Å². The van der Waals surface area contributed by atoms with Crippen LogP contribution in [0.2, 0.25) is 0 Å². The summed E-state index contributed by atoms with van der Waals surface area (Å²) in [5.41, 5.74) is 3.91. The second-order valence-corrected chi connectivity index (χ2v) is 10.1. The molecule has 6 heteroatoms. The van der Waals surface area contributed by atoms with Crippen LogP contribution in [-0.2, 0) is 26.1 Å². The third-order valence-corrected chi connectivity index (χ3v) is 6.86. The molecule has 1 aliphatic heterocycles. The number of carbonyl (C=O) groups excluding carboxylic acids is 1. The molecule has 1 fully saturated rings. The van der Waals surface area contributed by atoms with E-state index in [1.165, 1.54) is 7.11 Å². The number of ether oxygens (including phenoxy) is 2. The molecule has 3 N–H and O–H groups in total. The topological polar surface area (TPSA) is 83.6 Å². The monoisotopic (exact) mass is 438 g/mol. The SMILES string of the molecule is COC1(O)CCOc2ccc(C3(C(=O)Nc4ccc5[nH]c(C(C)(C)C)cc5c4)CC3)cc21.[HH].[HH]. The second kappa shape index (κ2) is 7.09. The molecule has 0 radical (unpaired) electrons. The summed E-state index contributed by atoms with van der Waals surface area (Å²) in [5, 5.41) is 15.1. The first-order valence-corrected chi connectivity index (χ1v) is 11.1. The van der Waals surface area contributed by atoms with Crippen LogP contribution >= 0.6 is 0 Å². The number of anilines is 1. The van der Waals surface area contributed by atoms with Gasteiger partial charge in [-0.3, -0.25) is 4.79 Å². The quantitative estimate of drug-likeness (QED) is 0.489. The van der Waals surface area contributed by atoms with Crippen LogP contribution in [0.4, 0.5) is 5.69 Å². The molecule has 1 saturated carbocycles. The molecule has 172 valence electrons. The fourth-order valence-corrected chi connectivity index (χ4v) is 4.54. The highest BCUT2D eigenvalue weighted by molar-refractivity contribution is 6.02. The summed E-state index contributed by atoms with van der Waals surface area (Å²) in [5.74, 6) is -0.811. The van der Waals surface area contributed by atoms with Crippen LogP contribution in [0.1, 0.15) is 59.7 Å². The van der Waals surface area contributed by atoms with E-state index >= 15 is 0 Å². The van der Waals surface area contributed by atoms with Gasteiger partial charge in [0.1, 0.15) is 5.75 Å². The molecule has 1 unspecified atom stereocenters. The van der Waals surface area contributed by atoms with E-state index in [-0.39, 0.29) is 14.2 Å². The zero-order valence-corrected chi connectivity index (χ0v) is 19.0. The van der Waals surface area contributed by atoms with Crippen LogP contribution in [0.25, 0.3) is 10.9 Å². The molecule has 0 saturated heterocycles.